The molecular weight excluding hydrogens is 408 g/mol. The number of nitrogens with zero attached hydrogens (tertiary/aromatic N) is 1. The highest BCUT2D eigenvalue weighted by Gasteiger charge is 2.48. The number of fused-ring (bicyclic) bond motifs is 1. The summed E-state index contributed by atoms with van der Waals surface area (Å²) in [6.45, 7) is 3.99. The van der Waals surface area contributed by atoms with Crippen molar-refractivity contribution in [3.63, 3.8) is 0 Å². The Bertz CT molecular complexity index is 1120. The number of benzene rings is 2. The summed E-state index contributed by atoms with van der Waals surface area (Å²) in [6.07, 6.45) is 3.18. The van der Waals surface area contributed by atoms with Crippen molar-refractivity contribution in [3.05, 3.63) is 71.3 Å². The molecule has 0 radical (unpaired) electrons. The molecule has 0 saturated carbocycles. The molecule has 2 aliphatic rings. The number of imide groups is 1. The van der Waals surface area contributed by atoms with Gasteiger partial charge >= 0.3 is 5.97 Å². The Kier molecular flexibility index (Phi) is 5.90. The van der Waals surface area contributed by atoms with Crippen molar-refractivity contribution in [1.29, 1.82) is 0 Å². The second-order valence-electron chi connectivity index (χ2n) is 8.02. The Morgan fingerprint density at radius 3 is 2.47 bits per heavy atom. The van der Waals surface area contributed by atoms with Crippen molar-refractivity contribution >= 4 is 35.1 Å². The lowest BCUT2D eigenvalue weighted by Crippen LogP contribution is -2.31. The third-order valence-electron chi connectivity index (χ3n) is 5.84. The van der Waals surface area contributed by atoms with Crippen molar-refractivity contribution < 1.29 is 23.9 Å². The van der Waals surface area contributed by atoms with Gasteiger partial charge in [-0.05, 0) is 69.2 Å². The SMILES string of the molecule is CCOC(=O)c1ccc(NC(=O)c2cccc(N3C(=O)[C@@H]4CC=C(C)C[C@H]4C3=O)c2)cc1. The van der Waals surface area contributed by atoms with Crippen LogP contribution in [0.5, 0.6) is 0 Å². The Hall–Kier alpha value is -3.74. The van der Waals surface area contributed by atoms with Crippen molar-refractivity contribution in [2.45, 2.75) is 26.7 Å². The van der Waals surface area contributed by atoms with Crippen LogP contribution >= 0.6 is 0 Å². The van der Waals surface area contributed by atoms with Crippen molar-refractivity contribution in [1.82, 2.24) is 0 Å². The van der Waals surface area contributed by atoms with E-state index in [4.69, 9.17) is 4.74 Å². The van der Waals surface area contributed by atoms with Crippen LogP contribution in [0.25, 0.3) is 0 Å². The zero-order chi connectivity index (χ0) is 22.8. The number of allylic oxidation sites excluding steroid dienone is 2. The maximum absolute atomic E-state index is 12.9. The lowest BCUT2D eigenvalue weighted by molar-refractivity contribution is -0.122. The van der Waals surface area contributed by atoms with Crippen molar-refractivity contribution in [2.75, 3.05) is 16.8 Å². The van der Waals surface area contributed by atoms with Gasteiger partial charge in [0.05, 0.1) is 29.7 Å². The Labute approximate surface area is 186 Å². The summed E-state index contributed by atoms with van der Waals surface area (Å²) in [7, 11) is 0. The average Bonchev–Trinajstić information content (AvgIpc) is 3.03. The van der Waals surface area contributed by atoms with E-state index in [1.807, 2.05) is 13.0 Å². The molecule has 0 unspecified atom stereocenters. The summed E-state index contributed by atoms with van der Waals surface area (Å²) < 4.78 is 4.95. The number of hydrogen-bond acceptors (Lipinski definition) is 5. The fourth-order valence-corrected chi connectivity index (χ4v) is 4.19. The summed E-state index contributed by atoms with van der Waals surface area (Å²) >= 11 is 0. The highest BCUT2D eigenvalue weighted by atomic mass is 16.5. The van der Waals surface area contributed by atoms with Gasteiger partial charge in [0.25, 0.3) is 5.91 Å². The lowest BCUT2D eigenvalue weighted by atomic mass is 9.82. The highest BCUT2D eigenvalue weighted by Crippen LogP contribution is 2.39. The number of anilines is 2. The first kappa shape index (κ1) is 21.5. The molecule has 1 saturated heterocycles. The van der Waals surface area contributed by atoms with Gasteiger partial charge in [0.1, 0.15) is 0 Å². The van der Waals surface area contributed by atoms with Crippen LogP contribution in [-0.2, 0) is 14.3 Å². The van der Waals surface area contributed by atoms with Crippen LogP contribution in [0.1, 0.15) is 47.4 Å². The average molecular weight is 432 g/mol. The van der Waals surface area contributed by atoms with Crippen LogP contribution in [0.15, 0.2) is 60.2 Å². The number of ether oxygens (including phenoxy) is 1. The molecule has 2 atom stereocenters. The number of carbonyl (C=O) groups is 4. The van der Waals surface area contributed by atoms with E-state index in [0.717, 1.165) is 5.57 Å². The molecule has 4 rings (SSSR count). The normalized spacial score (nSPS) is 19.9. The molecule has 7 nitrogen and oxygen atoms in total. The second-order valence-corrected chi connectivity index (χ2v) is 8.02. The smallest absolute Gasteiger partial charge is 0.338 e. The minimum Gasteiger partial charge on any atom is -0.462 e. The molecule has 1 aliphatic heterocycles. The summed E-state index contributed by atoms with van der Waals surface area (Å²) in [5, 5.41) is 2.76. The molecule has 0 aromatic heterocycles. The van der Waals surface area contributed by atoms with E-state index in [1.54, 1.807) is 55.5 Å². The Morgan fingerprint density at radius 2 is 1.75 bits per heavy atom. The van der Waals surface area contributed by atoms with Crippen LogP contribution in [-0.4, -0.2) is 30.3 Å². The zero-order valence-electron chi connectivity index (χ0n) is 18.0. The summed E-state index contributed by atoms with van der Waals surface area (Å²) in [5.74, 6) is -1.89. The monoisotopic (exact) mass is 432 g/mol. The number of esters is 1. The van der Waals surface area contributed by atoms with Crippen LogP contribution in [0, 0.1) is 11.8 Å². The predicted molar refractivity (Wildman–Crippen MR) is 119 cm³/mol. The standard InChI is InChI=1S/C25H24N2O5/c1-3-32-25(31)16-8-10-18(11-9-16)26-22(28)17-5-4-6-19(14-17)27-23(29)20-12-7-15(2)13-21(20)24(27)30/h4-11,14,20-21H,3,12-13H2,1-2H3,(H,26,28)/t20-,21-/m1/s1. The van der Waals surface area contributed by atoms with Crippen LogP contribution in [0.3, 0.4) is 0 Å². The molecule has 3 amide bonds. The molecule has 1 aliphatic carbocycles. The molecule has 1 fully saturated rings. The molecule has 0 bridgehead atoms. The van der Waals surface area contributed by atoms with Gasteiger partial charge in [0, 0.05) is 11.3 Å². The first-order valence-corrected chi connectivity index (χ1v) is 10.6. The van der Waals surface area contributed by atoms with Gasteiger partial charge in [-0.15, -0.1) is 0 Å². The minimum absolute atomic E-state index is 0.209. The molecule has 1 N–H and O–H groups in total. The first-order valence-electron chi connectivity index (χ1n) is 10.6. The minimum atomic E-state index is -0.427. The quantitative estimate of drug-likeness (QED) is 0.439. The van der Waals surface area contributed by atoms with Crippen molar-refractivity contribution in [3.8, 4) is 0 Å². The van der Waals surface area contributed by atoms with Gasteiger partial charge in [0.15, 0.2) is 0 Å². The second kappa shape index (κ2) is 8.78. The number of amides is 3. The van der Waals surface area contributed by atoms with E-state index >= 15 is 0 Å². The van der Waals surface area contributed by atoms with E-state index < -0.39 is 5.97 Å². The Morgan fingerprint density at radius 1 is 1.03 bits per heavy atom. The molecule has 7 heteroatoms. The predicted octanol–water partition coefficient (Wildman–Crippen LogP) is 3.96. The molecule has 2 aromatic carbocycles. The molecule has 2 aromatic rings. The Balaban J connectivity index is 1.50. The van der Waals surface area contributed by atoms with Gasteiger partial charge in [-0.1, -0.05) is 17.7 Å². The van der Waals surface area contributed by atoms with E-state index in [-0.39, 0.29) is 36.2 Å². The fourth-order valence-electron chi connectivity index (χ4n) is 4.19. The molecule has 0 spiro atoms. The van der Waals surface area contributed by atoms with Crippen molar-refractivity contribution in [2.24, 2.45) is 11.8 Å². The molecular formula is C25H24N2O5. The van der Waals surface area contributed by atoms with E-state index in [9.17, 15) is 19.2 Å². The highest BCUT2D eigenvalue weighted by molar-refractivity contribution is 6.22. The van der Waals surface area contributed by atoms with Gasteiger partial charge in [-0.3, -0.25) is 19.3 Å². The van der Waals surface area contributed by atoms with Gasteiger partial charge in [-0.25, -0.2) is 4.79 Å². The van der Waals surface area contributed by atoms with E-state index in [2.05, 4.69) is 5.32 Å². The largest absolute Gasteiger partial charge is 0.462 e. The van der Waals surface area contributed by atoms with Gasteiger partial charge in [0.2, 0.25) is 11.8 Å². The van der Waals surface area contributed by atoms with E-state index in [1.165, 1.54) is 4.90 Å². The number of nitrogens with one attached hydrogen (secondary N) is 1. The fraction of sp³-hybridized carbons (Fsp3) is 0.280. The van der Waals surface area contributed by atoms with Crippen LogP contribution in [0.4, 0.5) is 11.4 Å². The number of hydrogen-bond donors (Lipinski definition) is 1. The lowest BCUT2D eigenvalue weighted by Gasteiger charge is -2.18. The van der Waals surface area contributed by atoms with Crippen LogP contribution < -0.4 is 10.2 Å². The van der Waals surface area contributed by atoms with Crippen LogP contribution in [0.2, 0.25) is 0 Å². The molecule has 32 heavy (non-hydrogen) atoms. The first-order chi connectivity index (χ1) is 15.4. The molecule has 164 valence electrons. The van der Waals surface area contributed by atoms with Gasteiger partial charge < -0.3 is 10.1 Å². The summed E-state index contributed by atoms with van der Waals surface area (Å²) in [5.41, 5.74) is 2.74. The maximum Gasteiger partial charge on any atom is 0.338 e. The number of carbonyl (C=O) groups excluding carboxylic acids is 4. The van der Waals surface area contributed by atoms with Gasteiger partial charge in [-0.2, -0.15) is 0 Å². The third-order valence-corrected chi connectivity index (χ3v) is 5.84. The zero-order valence-corrected chi connectivity index (χ0v) is 18.0. The maximum atomic E-state index is 12.9. The number of rotatable bonds is 5. The third kappa shape index (κ3) is 4.06. The topological polar surface area (TPSA) is 92.8 Å². The molecule has 1 heterocycles. The van der Waals surface area contributed by atoms with E-state index in [0.29, 0.717) is 35.3 Å². The summed E-state index contributed by atoms with van der Waals surface area (Å²) in [6, 6.07) is 12.9. The summed E-state index contributed by atoms with van der Waals surface area (Å²) in [4.78, 5) is 51.6.